The number of carbonyl (C=O) groups excluding carboxylic acids is 1. The first-order chi connectivity index (χ1) is 12.9. The minimum absolute atomic E-state index is 0.242. The maximum Gasteiger partial charge on any atom is 0.341 e. The molecule has 0 radical (unpaired) electrons. The number of aliphatic imine (C=N–C) groups is 1. The summed E-state index contributed by atoms with van der Waals surface area (Å²) in [7, 11) is 0. The first kappa shape index (κ1) is 19.0. The van der Waals surface area contributed by atoms with Gasteiger partial charge < -0.3 is 15.2 Å². The van der Waals surface area contributed by atoms with Crippen LogP contribution in [0.3, 0.4) is 0 Å². The Labute approximate surface area is 164 Å². The highest BCUT2D eigenvalue weighted by molar-refractivity contribution is 8.18. The summed E-state index contributed by atoms with van der Waals surface area (Å²) in [4.78, 5) is 27.6. The normalized spacial score (nSPS) is 16.6. The number of nitrogens with zero attached hydrogens (tertiary/aromatic N) is 1. The lowest BCUT2D eigenvalue weighted by Crippen LogP contribution is -2.19. The molecule has 2 aromatic rings. The summed E-state index contributed by atoms with van der Waals surface area (Å²) in [6.45, 7) is 1.52. The zero-order chi connectivity index (χ0) is 19.4. The fourth-order valence-electron chi connectivity index (χ4n) is 2.23. The van der Waals surface area contributed by atoms with E-state index in [0.29, 0.717) is 15.6 Å². The summed E-state index contributed by atoms with van der Waals surface area (Å²) < 4.78 is 5.08. The molecule has 6 nitrogen and oxygen atoms in total. The van der Waals surface area contributed by atoms with Gasteiger partial charge in [0.2, 0.25) is 0 Å². The predicted molar refractivity (Wildman–Crippen MR) is 107 cm³/mol. The third-order valence-electron chi connectivity index (χ3n) is 3.52. The number of hydrogen-bond donors (Lipinski definition) is 2. The average molecular weight is 403 g/mol. The van der Waals surface area contributed by atoms with Crippen LogP contribution in [0.4, 0.5) is 5.69 Å². The monoisotopic (exact) mass is 402 g/mol. The second-order valence-electron chi connectivity index (χ2n) is 5.69. The van der Waals surface area contributed by atoms with Gasteiger partial charge in [0.05, 0.1) is 15.6 Å². The largest absolute Gasteiger partial charge is 0.480 e. The average Bonchev–Trinajstić information content (AvgIpc) is 2.95. The zero-order valence-electron chi connectivity index (χ0n) is 14.2. The van der Waals surface area contributed by atoms with Gasteiger partial charge in [0.1, 0.15) is 5.75 Å². The van der Waals surface area contributed by atoms with Crippen molar-refractivity contribution < 1.29 is 19.4 Å². The van der Waals surface area contributed by atoms with Gasteiger partial charge >= 0.3 is 5.97 Å². The highest BCUT2D eigenvalue weighted by Gasteiger charge is 2.23. The molecule has 0 aromatic heterocycles. The molecule has 27 heavy (non-hydrogen) atoms. The Bertz CT molecular complexity index is 955. The van der Waals surface area contributed by atoms with E-state index < -0.39 is 12.6 Å². The van der Waals surface area contributed by atoms with Crippen LogP contribution >= 0.6 is 23.4 Å². The van der Waals surface area contributed by atoms with Crippen LogP contribution in [-0.2, 0) is 9.59 Å². The van der Waals surface area contributed by atoms with Crippen molar-refractivity contribution in [2.75, 3.05) is 6.61 Å². The number of thioether (sulfide) groups is 1. The summed E-state index contributed by atoms with van der Waals surface area (Å²) in [5, 5.41) is 12.1. The molecule has 0 spiro atoms. The summed E-state index contributed by atoms with van der Waals surface area (Å²) >= 11 is 7.34. The molecule has 2 aromatic carbocycles. The number of carboxylic acid groups (broad SMARTS) is 1. The van der Waals surface area contributed by atoms with Gasteiger partial charge in [-0.15, -0.1) is 0 Å². The van der Waals surface area contributed by atoms with E-state index in [0.717, 1.165) is 11.3 Å². The SMILES string of the molecule is Cc1ccc(N=C2NC(=O)/C(=C\c3ccc(OCC(=O)O)c(Cl)c3)S2)cc1. The number of rotatable bonds is 5. The number of halogens is 1. The maximum atomic E-state index is 12.2. The lowest BCUT2D eigenvalue weighted by molar-refractivity contribution is -0.139. The number of aliphatic carboxylic acids is 1. The number of carboxylic acids is 1. The molecule has 3 rings (SSSR count). The molecular formula is C19H15ClN2O4S. The van der Waals surface area contributed by atoms with Gasteiger partial charge in [0.25, 0.3) is 5.91 Å². The van der Waals surface area contributed by atoms with Gasteiger partial charge in [-0.05, 0) is 54.6 Å². The Morgan fingerprint density at radius 2 is 2.04 bits per heavy atom. The third-order valence-corrected chi connectivity index (χ3v) is 4.73. The number of hydrogen-bond acceptors (Lipinski definition) is 5. The molecule has 138 valence electrons. The van der Waals surface area contributed by atoms with E-state index in [1.54, 1.807) is 24.3 Å². The second-order valence-corrected chi connectivity index (χ2v) is 7.13. The molecule has 1 fully saturated rings. The topological polar surface area (TPSA) is 88.0 Å². The van der Waals surface area contributed by atoms with E-state index in [1.807, 2.05) is 31.2 Å². The second kappa shape index (κ2) is 8.28. The van der Waals surface area contributed by atoms with Gasteiger partial charge in [0, 0.05) is 0 Å². The van der Waals surface area contributed by atoms with Gasteiger partial charge in [-0.2, -0.15) is 0 Å². The van der Waals surface area contributed by atoms with Crippen LogP contribution in [0.25, 0.3) is 6.08 Å². The van der Waals surface area contributed by atoms with Crippen molar-refractivity contribution >= 4 is 52.2 Å². The van der Waals surface area contributed by atoms with Gasteiger partial charge in [0.15, 0.2) is 11.8 Å². The maximum absolute atomic E-state index is 12.2. The highest BCUT2D eigenvalue weighted by Crippen LogP contribution is 2.31. The van der Waals surface area contributed by atoms with Gasteiger partial charge in [-0.25, -0.2) is 9.79 Å². The van der Waals surface area contributed by atoms with E-state index in [9.17, 15) is 9.59 Å². The Kier molecular flexibility index (Phi) is 5.83. The van der Waals surface area contributed by atoms with Crippen molar-refractivity contribution in [2.24, 2.45) is 4.99 Å². The fraction of sp³-hybridized carbons (Fsp3) is 0.105. The Morgan fingerprint density at radius 1 is 1.30 bits per heavy atom. The van der Waals surface area contributed by atoms with Crippen molar-refractivity contribution in [3.63, 3.8) is 0 Å². The first-order valence-corrected chi connectivity index (χ1v) is 9.10. The number of amides is 1. The van der Waals surface area contributed by atoms with Crippen LogP contribution in [0, 0.1) is 6.92 Å². The molecule has 2 N–H and O–H groups in total. The summed E-state index contributed by atoms with van der Waals surface area (Å²) in [6, 6.07) is 12.5. The number of aryl methyl sites for hydroxylation is 1. The standard InChI is InChI=1S/C19H15ClN2O4S/c1-11-2-5-13(6-3-11)21-19-22-18(25)16(27-19)9-12-4-7-15(14(20)8-12)26-10-17(23)24/h2-9H,10H2,1H3,(H,23,24)(H,21,22,25)/b16-9+. The molecular weight excluding hydrogens is 388 g/mol. The molecule has 1 aliphatic heterocycles. The molecule has 1 heterocycles. The first-order valence-electron chi connectivity index (χ1n) is 7.91. The molecule has 0 aliphatic carbocycles. The van der Waals surface area contributed by atoms with Crippen LogP contribution in [0.2, 0.25) is 5.02 Å². The number of nitrogens with one attached hydrogen (secondary N) is 1. The van der Waals surface area contributed by atoms with E-state index in [4.69, 9.17) is 21.4 Å². The van der Waals surface area contributed by atoms with Crippen molar-refractivity contribution in [2.45, 2.75) is 6.92 Å². The predicted octanol–water partition coefficient (Wildman–Crippen LogP) is 4.00. The summed E-state index contributed by atoms with van der Waals surface area (Å²) in [6.07, 6.45) is 1.69. The molecule has 1 saturated heterocycles. The van der Waals surface area contributed by atoms with E-state index in [2.05, 4.69) is 10.3 Å². The van der Waals surface area contributed by atoms with E-state index in [1.165, 1.54) is 11.8 Å². The van der Waals surface area contributed by atoms with Crippen LogP contribution < -0.4 is 10.1 Å². The third kappa shape index (κ3) is 5.12. The quantitative estimate of drug-likeness (QED) is 0.738. The fourth-order valence-corrected chi connectivity index (χ4v) is 3.32. The Hall–Kier alpha value is -2.77. The van der Waals surface area contributed by atoms with E-state index >= 15 is 0 Å². The molecule has 1 amide bonds. The van der Waals surface area contributed by atoms with Crippen molar-refractivity contribution in [1.29, 1.82) is 0 Å². The Morgan fingerprint density at radius 3 is 2.70 bits per heavy atom. The summed E-state index contributed by atoms with van der Waals surface area (Å²) in [5.41, 5.74) is 2.58. The van der Waals surface area contributed by atoms with Crippen LogP contribution in [-0.4, -0.2) is 28.8 Å². The highest BCUT2D eigenvalue weighted by atomic mass is 35.5. The van der Waals surface area contributed by atoms with Gasteiger partial charge in [-0.3, -0.25) is 4.79 Å². The molecule has 0 unspecified atom stereocenters. The lowest BCUT2D eigenvalue weighted by atomic mass is 10.2. The summed E-state index contributed by atoms with van der Waals surface area (Å²) in [5.74, 6) is -1.06. The van der Waals surface area contributed by atoms with E-state index in [-0.39, 0.29) is 16.7 Å². The van der Waals surface area contributed by atoms with Crippen LogP contribution in [0.5, 0.6) is 5.75 Å². The number of ether oxygens (including phenoxy) is 1. The van der Waals surface area contributed by atoms with Crippen molar-refractivity contribution in [3.8, 4) is 5.75 Å². The molecule has 8 heteroatoms. The molecule has 1 aliphatic rings. The van der Waals surface area contributed by atoms with Crippen LogP contribution in [0.15, 0.2) is 52.4 Å². The molecule has 0 bridgehead atoms. The Balaban J connectivity index is 1.75. The molecule has 0 saturated carbocycles. The van der Waals surface area contributed by atoms with Gasteiger partial charge in [-0.1, -0.05) is 35.4 Å². The zero-order valence-corrected chi connectivity index (χ0v) is 15.8. The minimum atomic E-state index is -1.09. The number of carbonyl (C=O) groups is 2. The minimum Gasteiger partial charge on any atom is -0.480 e. The number of benzene rings is 2. The van der Waals surface area contributed by atoms with Crippen LogP contribution in [0.1, 0.15) is 11.1 Å². The smallest absolute Gasteiger partial charge is 0.341 e. The number of amidine groups is 1. The van der Waals surface area contributed by atoms with Crippen molar-refractivity contribution in [1.82, 2.24) is 5.32 Å². The lowest BCUT2D eigenvalue weighted by Gasteiger charge is -2.06. The van der Waals surface area contributed by atoms with Crippen molar-refractivity contribution in [3.05, 3.63) is 63.5 Å². The molecule has 0 atom stereocenters.